The van der Waals surface area contributed by atoms with Gasteiger partial charge < -0.3 is 5.32 Å². The van der Waals surface area contributed by atoms with Crippen LogP contribution in [-0.4, -0.2) is 33.1 Å². The number of benzene rings is 1. The molecule has 1 aromatic carbocycles. The van der Waals surface area contributed by atoms with Crippen LogP contribution in [0.3, 0.4) is 0 Å². The predicted octanol–water partition coefficient (Wildman–Crippen LogP) is 3.63. The van der Waals surface area contributed by atoms with Crippen LogP contribution in [0.15, 0.2) is 35.2 Å². The highest BCUT2D eigenvalue weighted by Gasteiger charge is 2.37. The van der Waals surface area contributed by atoms with E-state index in [9.17, 15) is 26.4 Å². The maximum atomic E-state index is 12.6. The van der Waals surface area contributed by atoms with Crippen molar-refractivity contribution >= 4 is 22.0 Å². The van der Waals surface area contributed by atoms with Gasteiger partial charge in [0.25, 0.3) is 0 Å². The van der Waals surface area contributed by atoms with Crippen LogP contribution in [0, 0.1) is 0 Å². The monoisotopic (exact) mass is 406 g/mol. The summed E-state index contributed by atoms with van der Waals surface area (Å²) in [6, 6.07) is 5.93. The first-order chi connectivity index (χ1) is 12.6. The van der Waals surface area contributed by atoms with Crippen molar-refractivity contribution in [3.05, 3.63) is 35.9 Å². The van der Waals surface area contributed by atoms with Crippen LogP contribution in [0.5, 0.6) is 0 Å². The van der Waals surface area contributed by atoms with Gasteiger partial charge in [-0.1, -0.05) is 51.0 Å². The van der Waals surface area contributed by atoms with Crippen LogP contribution in [0.1, 0.15) is 45.1 Å². The van der Waals surface area contributed by atoms with E-state index in [1.165, 1.54) is 24.3 Å². The lowest BCUT2D eigenvalue weighted by molar-refractivity contribution is -0.173. The Balaban J connectivity index is 2.79. The fourth-order valence-electron chi connectivity index (χ4n) is 2.48. The van der Waals surface area contributed by atoms with Gasteiger partial charge in [-0.05, 0) is 30.5 Å². The number of halogens is 3. The molecule has 0 aliphatic carbocycles. The van der Waals surface area contributed by atoms with Gasteiger partial charge in [0.05, 0.1) is 4.90 Å². The van der Waals surface area contributed by atoms with Crippen molar-refractivity contribution < 1.29 is 26.4 Å². The lowest BCUT2D eigenvalue weighted by atomic mass is 10.1. The van der Waals surface area contributed by atoms with Gasteiger partial charge in [0.1, 0.15) is 0 Å². The molecule has 1 aromatic rings. The van der Waals surface area contributed by atoms with E-state index < -0.39 is 22.1 Å². The van der Waals surface area contributed by atoms with Gasteiger partial charge in [-0.15, -0.1) is 0 Å². The Kier molecular flexibility index (Phi) is 8.98. The molecule has 1 amide bonds. The normalized spacial score (nSPS) is 12.7. The number of nitrogens with one attached hydrogen (secondary N) is 2. The van der Waals surface area contributed by atoms with Crippen LogP contribution in [0.4, 0.5) is 13.2 Å². The molecule has 0 bridgehead atoms. The lowest BCUT2D eigenvalue weighted by Crippen LogP contribution is -2.36. The molecule has 0 heterocycles. The van der Waals surface area contributed by atoms with Gasteiger partial charge in [-0.25, -0.2) is 13.1 Å². The average molecular weight is 406 g/mol. The molecule has 0 fully saturated rings. The second-order valence-electron chi connectivity index (χ2n) is 6.08. The highest BCUT2D eigenvalue weighted by molar-refractivity contribution is 7.89. The third-order valence-corrected chi connectivity index (χ3v) is 5.23. The molecule has 0 aromatic heterocycles. The number of hydrogen-bond acceptors (Lipinski definition) is 3. The smallest absolute Gasteiger partial charge is 0.345 e. The van der Waals surface area contributed by atoms with Crippen LogP contribution in [0.2, 0.25) is 0 Å². The highest BCUT2D eigenvalue weighted by atomic mass is 32.2. The summed E-state index contributed by atoms with van der Waals surface area (Å²) in [5, 5.41) is 1.71. The zero-order chi connectivity index (χ0) is 20.5. The Morgan fingerprint density at radius 1 is 1.19 bits per heavy atom. The number of hydrogen-bond donors (Lipinski definition) is 2. The standard InChI is InChI=1S/C18H25F3N2O3S/c1-3-7-15(8-4-2)23-27(25,26)16-11-5-9-14(13-16)10-6-12-22-17(24)18(19,20)21/h5-6,9-11,13,15,23H,3-4,7-8,12H2,1-2H3,(H,22,24). The molecule has 27 heavy (non-hydrogen) atoms. The van der Waals surface area contributed by atoms with Crippen LogP contribution < -0.4 is 10.0 Å². The Bertz CT molecular complexity index is 740. The summed E-state index contributed by atoms with van der Waals surface area (Å²) in [6.45, 7) is 3.66. The summed E-state index contributed by atoms with van der Waals surface area (Å²) in [4.78, 5) is 10.8. The van der Waals surface area contributed by atoms with Crippen molar-refractivity contribution in [2.45, 2.75) is 56.6 Å². The number of sulfonamides is 1. The van der Waals surface area contributed by atoms with Crippen LogP contribution >= 0.6 is 0 Å². The summed E-state index contributed by atoms with van der Waals surface area (Å²) in [5.41, 5.74) is 0.502. The minimum absolute atomic E-state index is 0.0844. The molecule has 0 aliphatic rings. The minimum Gasteiger partial charge on any atom is -0.345 e. The molecular formula is C18H25F3N2O3S. The first-order valence-corrected chi connectivity index (χ1v) is 10.2. The molecule has 0 saturated heterocycles. The predicted molar refractivity (Wildman–Crippen MR) is 98.5 cm³/mol. The summed E-state index contributed by atoms with van der Waals surface area (Å²) in [6.07, 6.45) is 1.04. The first-order valence-electron chi connectivity index (χ1n) is 8.74. The van der Waals surface area contributed by atoms with Gasteiger partial charge in [-0.2, -0.15) is 13.2 Å². The van der Waals surface area contributed by atoms with E-state index in [0.717, 1.165) is 25.7 Å². The summed E-state index contributed by atoms with van der Waals surface area (Å²) in [5.74, 6) is -2.02. The second-order valence-corrected chi connectivity index (χ2v) is 7.79. The van der Waals surface area contributed by atoms with Gasteiger partial charge in [0.15, 0.2) is 0 Å². The zero-order valence-electron chi connectivity index (χ0n) is 15.3. The summed E-state index contributed by atoms with van der Waals surface area (Å²) >= 11 is 0. The Morgan fingerprint density at radius 2 is 1.81 bits per heavy atom. The molecule has 1 rings (SSSR count). The maximum Gasteiger partial charge on any atom is 0.471 e. The Hall–Kier alpha value is -1.87. The molecule has 0 spiro atoms. The Morgan fingerprint density at radius 3 is 2.37 bits per heavy atom. The number of rotatable bonds is 10. The van der Waals surface area contributed by atoms with Crippen molar-refractivity contribution in [2.75, 3.05) is 6.54 Å². The van der Waals surface area contributed by atoms with Crippen molar-refractivity contribution in [3.63, 3.8) is 0 Å². The van der Waals surface area contributed by atoms with Gasteiger partial charge in [0.2, 0.25) is 10.0 Å². The molecule has 0 aliphatic heterocycles. The van der Waals surface area contributed by atoms with Crippen molar-refractivity contribution in [3.8, 4) is 0 Å². The third kappa shape index (κ3) is 8.13. The fraction of sp³-hybridized carbons (Fsp3) is 0.500. The molecule has 0 radical (unpaired) electrons. The van der Waals surface area contributed by atoms with Gasteiger partial charge >= 0.3 is 12.1 Å². The first kappa shape index (κ1) is 23.2. The molecule has 0 atom stereocenters. The molecule has 0 unspecified atom stereocenters. The maximum absolute atomic E-state index is 12.6. The minimum atomic E-state index is -4.93. The van der Waals surface area contributed by atoms with Crippen molar-refractivity contribution in [2.24, 2.45) is 0 Å². The second kappa shape index (κ2) is 10.5. The van der Waals surface area contributed by atoms with Crippen LogP contribution in [0.25, 0.3) is 6.08 Å². The fourth-order valence-corrected chi connectivity index (χ4v) is 3.84. The topological polar surface area (TPSA) is 75.3 Å². The van der Waals surface area contributed by atoms with Crippen molar-refractivity contribution in [1.29, 1.82) is 0 Å². The number of carbonyl (C=O) groups is 1. The molecule has 2 N–H and O–H groups in total. The highest BCUT2D eigenvalue weighted by Crippen LogP contribution is 2.16. The van der Waals surface area contributed by atoms with E-state index >= 15 is 0 Å². The lowest BCUT2D eigenvalue weighted by Gasteiger charge is -2.17. The summed E-state index contributed by atoms with van der Waals surface area (Å²) in [7, 11) is -3.69. The zero-order valence-corrected chi connectivity index (χ0v) is 16.2. The Labute approximate surface area is 158 Å². The number of amides is 1. The van der Waals surface area contributed by atoms with E-state index in [-0.39, 0.29) is 17.5 Å². The molecular weight excluding hydrogens is 381 g/mol. The SMILES string of the molecule is CCCC(CCC)NS(=O)(=O)c1cccc(C=CCNC(=O)C(F)(F)F)c1. The molecule has 0 saturated carbocycles. The number of carbonyl (C=O) groups excluding carboxylic acids is 1. The average Bonchev–Trinajstić information content (AvgIpc) is 2.58. The molecule has 152 valence electrons. The quantitative estimate of drug-likeness (QED) is 0.623. The van der Waals surface area contributed by atoms with Gasteiger partial charge in [0, 0.05) is 12.6 Å². The summed E-state index contributed by atoms with van der Waals surface area (Å²) < 4.78 is 64.1. The third-order valence-electron chi connectivity index (χ3n) is 3.71. The van der Waals surface area contributed by atoms with E-state index in [4.69, 9.17) is 0 Å². The van der Waals surface area contributed by atoms with E-state index in [1.807, 2.05) is 13.8 Å². The van der Waals surface area contributed by atoms with E-state index in [2.05, 4.69) is 4.72 Å². The largest absolute Gasteiger partial charge is 0.471 e. The van der Waals surface area contributed by atoms with E-state index in [0.29, 0.717) is 5.56 Å². The van der Waals surface area contributed by atoms with E-state index in [1.54, 1.807) is 17.4 Å². The number of alkyl halides is 3. The van der Waals surface area contributed by atoms with Gasteiger partial charge in [-0.3, -0.25) is 4.79 Å². The van der Waals surface area contributed by atoms with Crippen molar-refractivity contribution in [1.82, 2.24) is 10.0 Å². The van der Waals surface area contributed by atoms with Crippen LogP contribution in [-0.2, 0) is 14.8 Å². The molecule has 9 heteroatoms. The molecule has 5 nitrogen and oxygen atoms in total.